The van der Waals surface area contributed by atoms with Crippen LogP contribution in [0.4, 0.5) is 0 Å². The SMILES string of the molecule is CCNC(CCC1CCCO1)C1CCOC2(CCC2)C1. The molecule has 3 atom stereocenters. The summed E-state index contributed by atoms with van der Waals surface area (Å²) in [7, 11) is 0. The molecule has 0 amide bonds. The smallest absolute Gasteiger partial charge is 0.0685 e. The highest BCUT2D eigenvalue weighted by Crippen LogP contribution is 2.45. The van der Waals surface area contributed by atoms with E-state index in [4.69, 9.17) is 9.47 Å². The van der Waals surface area contributed by atoms with Gasteiger partial charge < -0.3 is 14.8 Å². The van der Waals surface area contributed by atoms with E-state index in [0.717, 1.165) is 25.7 Å². The molecule has 3 unspecified atom stereocenters. The quantitative estimate of drug-likeness (QED) is 0.810. The van der Waals surface area contributed by atoms with Gasteiger partial charge in [-0.3, -0.25) is 0 Å². The van der Waals surface area contributed by atoms with Crippen LogP contribution in [0.3, 0.4) is 0 Å². The van der Waals surface area contributed by atoms with Crippen LogP contribution >= 0.6 is 0 Å². The first-order chi connectivity index (χ1) is 9.81. The zero-order valence-electron chi connectivity index (χ0n) is 13.0. The Morgan fingerprint density at radius 1 is 1.20 bits per heavy atom. The molecule has 1 N–H and O–H groups in total. The number of rotatable bonds is 6. The summed E-state index contributed by atoms with van der Waals surface area (Å²) < 4.78 is 11.9. The summed E-state index contributed by atoms with van der Waals surface area (Å²) in [5.41, 5.74) is 0.278. The van der Waals surface area contributed by atoms with Gasteiger partial charge >= 0.3 is 0 Å². The fourth-order valence-electron chi connectivity index (χ4n) is 4.33. The molecule has 1 spiro atoms. The van der Waals surface area contributed by atoms with Gasteiger partial charge in [-0.25, -0.2) is 0 Å². The van der Waals surface area contributed by atoms with Crippen LogP contribution in [0.5, 0.6) is 0 Å². The summed E-state index contributed by atoms with van der Waals surface area (Å²) in [5.74, 6) is 0.811. The Kier molecular flexibility index (Phi) is 5.00. The zero-order chi connectivity index (χ0) is 13.8. The van der Waals surface area contributed by atoms with Crippen molar-refractivity contribution in [2.75, 3.05) is 19.8 Å². The van der Waals surface area contributed by atoms with E-state index in [2.05, 4.69) is 12.2 Å². The summed E-state index contributed by atoms with van der Waals surface area (Å²) >= 11 is 0. The molecule has 0 aromatic heterocycles. The summed E-state index contributed by atoms with van der Waals surface area (Å²) in [5, 5.41) is 3.75. The van der Waals surface area contributed by atoms with Gasteiger partial charge in [-0.2, -0.15) is 0 Å². The van der Waals surface area contributed by atoms with Crippen molar-refractivity contribution in [1.82, 2.24) is 5.32 Å². The molecule has 3 fully saturated rings. The molecule has 2 heterocycles. The van der Waals surface area contributed by atoms with Crippen molar-refractivity contribution in [2.24, 2.45) is 5.92 Å². The van der Waals surface area contributed by atoms with Crippen LogP contribution in [0, 0.1) is 5.92 Å². The Morgan fingerprint density at radius 3 is 2.75 bits per heavy atom. The van der Waals surface area contributed by atoms with Crippen LogP contribution in [0.1, 0.15) is 64.7 Å². The summed E-state index contributed by atoms with van der Waals surface area (Å²) in [6.45, 7) is 5.28. The molecule has 20 heavy (non-hydrogen) atoms. The van der Waals surface area contributed by atoms with Crippen molar-refractivity contribution in [3.05, 3.63) is 0 Å². The molecule has 1 aliphatic carbocycles. The lowest BCUT2D eigenvalue weighted by molar-refractivity contribution is -0.147. The molecule has 116 valence electrons. The standard InChI is InChI=1S/C17H31NO2/c1-2-18-16(7-6-15-5-3-11-19-15)14-8-12-20-17(13-14)9-4-10-17/h14-16,18H,2-13H2,1H3. The Morgan fingerprint density at radius 2 is 2.10 bits per heavy atom. The molecule has 1 saturated carbocycles. The molecular weight excluding hydrogens is 250 g/mol. The van der Waals surface area contributed by atoms with Crippen LogP contribution in [-0.4, -0.2) is 37.5 Å². The highest BCUT2D eigenvalue weighted by molar-refractivity contribution is 4.96. The van der Waals surface area contributed by atoms with Crippen LogP contribution < -0.4 is 5.32 Å². The third-order valence-electron chi connectivity index (χ3n) is 5.65. The van der Waals surface area contributed by atoms with Crippen molar-refractivity contribution in [3.8, 4) is 0 Å². The number of nitrogens with one attached hydrogen (secondary N) is 1. The predicted molar refractivity (Wildman–Crippen MR) is 80.9 cm³/mol. The van der Waals surface area contributed by atoms with Gasteiger partial charge in [-0.1, -0.05) is 6.92 Å². The molecule has 3 heteroatoms. The van der Waals surface area contributed by atoms with E-state index in [1.165, 1.54) is 57.8 Å². The maximum absolute atomic E-state index is 6.09. The van der Waals surface area contributed by atoms with Crippen LogP contribution in [0.2, 0.25) is 0 Å². The lowest BCUT2D eigenvalue weighted by Crippen LogP contribution is -2.50. The van der Waals surface area contributed by atoms with Crippen LogP contribution in [0.15, 0.2) is 0 Å². The Balaban J connectivity index is 1.51. The number of hydrogen-bond donors (Lipinski definition) is 1. The first-order valence-corrected chi connectivity index (χ1v) is 8.80. The Bertz CT molecular complexity index is 297. The maximum atomic E-state index is 6.09. The lowest BCUT2D eigenvalue weighted by atomic mass is 9.70. The molecule has 0 bridgehead atoms. The van der Waals surface area contributed by atoms with Crippen LogP contribution in [0.25, 0.3) is 0 Å². The summed E-state index contributed by atoms with van der Waals surface area (Å²) in [6, 6.07) is 0.672. The van der Waals surface area contributed by atoms with E-state index < -0.39 is 0 Å². The number of ether oxygens (including phenoxy) is 2. The van der Waals surface area contributed by atoms with Gasteiger partial charge in [0.1, 0.15) is 0 Å². The third-order valence-corrected chi connectivity index (χ3v) is 5.65. The fourth-order valence-corrected chi connectivity index (χ4v) is 4.33. The van der Waals surface area contributed by atoms with Gasteiger partial charge in [0.15, 0.2) is 0 Å². The van der Waals surface area contributed by atoms with Gasteiger partial charge in [0.2, 0.25) is 0 Å². The summed E-state index contributed by atoms with van der Waals surface area (Å²) in [6.07, 6.45) is 12.1. The Labute approximate surface area is 123 Å². The fraction of sp³-hybridized carbons (Fsp3) is 1.00. The molecule has 0 radical (unpaired) electrons. The van der Waals surface area contributed by atoms with E-state index in [9.17, 15) is 0 Å². The van der Waals surface area contributed by atoms with Crippen molar-refractivity contribution < 1.29 is 9.47 Å². The van der Waals surface area contributed by atoms with E-state index in [0.29, 0.717) is 12.1 Å². The molecule has 0 aromatic rings. The molecule has 2 aliphatic heterocycles. The average molecular weight is 281 g/mol. The second kappa shape index (κ2) is 6.76. The van der Waals surface area contributed by atoms with Crippen molar-refractivity contribution >= 4 is 0 Å². The minimum atomic E-state index is 0.278. The van der Waals surface area contributed by atoms with Crippen molar-refractivity contribution in [1.29, 1.82) is 0 Å². The zero-order valence-corrected chi connectivity index (χ0v) is 13.0. The molecule has 2 saturated heterocycles. The Hall–Kier alpha value is -0.120. The lowest BCUT2D eigenvalue weighted by Gasteiger charge is -2.49. The molecule has 3 aliphatic rings. The van der Waals surface area contributed by atoms with Gasteiger partial charge in [0.25, 0.3) is 0 Å². The minimum Gasteiger partial charge on any atom is -0.378 e. The summed E-state index contributed by atoms with van der Waals surface area (Å²) in [4.78, 5) is 0. The first kappa shape index (κ1) is 14.8. The molecular formula is C17H31NO2. The van der Waals surface area contributed by atoms with E-state index >= 15 is 0 Å². The predicted octanol–water partition coefficient (Wildman–Crippen LogP) is 3.27. The monoisotopic (exact) mass is 281 g/mol. The highest BCUT2D eigenvalue weighted by Gasteiger charge is 2.44. The van der Waals surface area contributed by atoms with Gasteiger partial charge in [0.05, 0.1) is 11.7 Å². The van der Waals surface area contributed by atoms with E-state index in [1.807, 2.05) is 0 Å². The average Bonchev–Trinajstić information content (AvgIpc) is 2.95. The van der Waals surface area contributed by atoms with Crippen LogP contribution in [-0.2, 0) is 9.47 Å². The normalized spacial score (nSPS) is 34.0. The van der Waals surface area contributed by atoms with E-state index in [1.54, 1.807) is 0 Å². The largest absolute Gasteiger partial charge is 0.378 e. The van der Waals surface area contributed by atoms with Gasteiger partial charge in [-0.15, -0.1) is 0 Å². The molecule has 3 rings (SSSR count). The minimum absolute atomic E-state index is 0.278. The van der Waals surface area contributed by atoms with Crippen molar-refractivity contribution in [3.63, 3.8) is 0 Å². The molecule has 0 aromatic carbocycles. The van der Waals surface area contributed by atoms with Gasteiger partial charge in [0, 0.05) is 19.3 Å². The maximum Gasteiger partial charge on any atom is 0.0685 e. The topological polar surface area (TPSA) is 30.5 Å². The second-order valence-electron chi connectivity index (χ2n) is 7.01. The first-order valence-electron chi connectivity index (χ1n) is 8.80. The van der Waals surface area contributed by atoms with Crippen molar-refractivity contribution in [2.45, 2.75) is 82.5 Å². The highest BCUT2D eigenvalue weighted by atomic mass is 16.5. The molecule has 3 nitrogen and oxygen atoms in total. The second-order valence-corrected chi connectivity index (χ2v) is 7.01. The van der Waals surface area contributed by atoms with E-state index in [-0.39, 0.29) is 5.60 Å². The third kappa shape index (κ3) is 3.37. The van der Waals surface area contributed by atoms with Gasteiger partial charge in [-0.05, 0) is 70.3 Å². The number of hydrogen-bond acceptors (Lipinski definition) is 3.